The molecule has 0 aliphatic carbocycles. The molecule has 0 spiro atoms. The van der Waals surface area contributed by atoms with Gasteiger partial charge in [-0.2, -0.15) is 0 Å². The van der Waals surface area contributed by atoms with Crippen molar-refractivity contribution in [2.24, 2.45) is 0 Å². The van der Waals surface area contributed by atoms with Gasteiger partial charge in [0, 0.05) is 38.9 Å². The van der Waals surface area contributed by atoms with Crippen molar-refractivity contribution in [1.82, 2.24) is 0 Å². The summed E-state index contributed by atoms with van der Waals surface area (Å²) in [5, 5.41) is 1.42. The highest BCUT2D eigenvalue weighted by molar-refractivity contribution is 6.30. The van der Waals surface area contributed by atoms with Crippen LogP contribution in [0.2, 0.25) is 10.0 Å². The third-order valence-corrected chi connectivity index (χ3v) is 4.23. The third-order valence-electron chi connectivity index (χ3n) is 3.73. The standard InChI is InChI=1S/C22H16Cl2O/c23-21-11-5-17(6-12-21)3-9-19-2-1-15-25-16-20(19)10-4-18-7-13-22(24)14-8-18/h5-8,11-14H,1-2,15-16H2. The first-order valence-corrected chi connectivity index (χ1v) is 8.81. The summed E-state index contributed by atoms with van der Waals surface area (Å²) in [5.41, 5.74) is 3.86. The molecule has 1 heterocycles. The van der Waals surface area contributed by atoms with Gasteiger partial charge in [-0.1, -0.05) is 46.9 Å². The fourth-order valence-electron chi connectivity index (χ4n) is 2.37. The minimum absolute atomic E-state index is 0.505. The summed E-state index contributed by atoms with van der Waals surface area (Å²) in [5.74, 6) is 12.9. The van der Waals surface area contributed by atoms with Gasteiger partial charge in [0.2, 0.25) is 0 Å². The third kappa shape index (κ3) is 5.42. The fraction of sp³-hybridized carbons (Fsp3) is 0.182. The summed E-state index contributed by atoms with van der Waals surface area (Å²) >= 11 is 11.8. The van der Waals surface area contributed by atoms with E-state index in [1.807, 2.05) is 48.5 Å². The van der Waals surface area contributed by atoms with Crippen LogP contribution < -0.4 is 0 Å². The molecule has 0 amide bonds. The molecular formula is C22H16Cl2O. The maximum Gasteiger partial charge on any atom is 0.0804 e. The molecule has 3 heteroatoms. The summed E-state index contributed by atoms with van der Waals surface area (Å²) in [6.45, 7) is 1.24. The van der Waals surface area contributed by atoms with Crippen LogP contribution in [0.1, 0.15) is 24.0 Å². The molecule has 0 radical (unpaired) electrons. The molecule has 0 N–H and O–H groups in total. The lowest BCUT2D eigenvalue weighted by Gasteiger charge is -2.00. The van der Waals surface area contributed by atoms with Crippen molar-refractivity contribution in [2.45, 2.75) is 12.8 Å². The quantitative estimate of drug-likeness (QED) is 0.559. The fourth-order valence-corrected chi connectivity index (χ4v) is 2.63. The van der Waals surface area contributed by atoms with E-state index in [2.05, 4.69) is 23.7 Å². The summed E-state index contributed by atoms with van der Waals surface area (Å²) < 4.78 is 5.65. The molecule has 124 valence electrons. The number of hydrogen-bond donors (Lipinski definition) is 0. The van der Waals surface area contributed by atoms with Crippen molar-refractivity contribution in [2.75, 3.05) is 13.2 Å². The SMILES string of the molecule is Clc1ccc(C#CC2=C(C#Cc3ccc(Cl)cc3)COCCC2)cc1. The van der Waals surface area contributed by atoms with Crippen molar-refractivity contribution >= 4 is 23.2 Å². The van der Waals surface area contributed by atoms with Crippen LogP contribution in [0.25, 0.3) is 0 Å². The van der Waals surface area contributed by atoms with E-state index >= 15 is 0 Å². The van der Waals surface area contributed by atoms with Gasteiger partial charge in [0.15, 0.2) is 0 Å². The van der Waals surface area contributed by atoms with Crippen molar-refractivity contribution in [3.8, 4) is 23.7 Å². The number of hydrogen-bond acceptors (Lipinski definition) is 1. The highest BCUT2D eigenvalue weighted by atomic mass is 35.5. The summed E-state index contributed by atoms with van der Waals surface area (Å²) in [4.78, 5) is 0. The maximum atomic E-state index is 5.91. The number of rotatable bonds is 0. The Morgan fingerprint density at radius 2 is 1.20 bits per heavy atom. The summed E-state index contributed by atoms with van der Waals surface area (Å²) in [7, 11) is 0. The molecule has 1 aliphatic rings. The molecule has 1 aliphatic heterocycles. The van der Waals surface area contributed by atoms with Gasteiger partial charge < -0.3 is 4.74 Å². The number of halogens is 2. The first-order chi connectivity index (χ1) is 12.2. The molecule has 0 bridgehead atoms. The van der Waals surface area contributed by atoms with Crippen molar-refractivity contribution < 1.29 is 4.74 Å². The summed E-state index contributed by atoms with van der Waals surface area (Å²) in [6.07, 6.45) is 1.84. The zero-order valence-corrected chi connectivity index (χ0v) is 15.1. The minimum Gasteiger partial charge on any atom is -0.376 e. The summed E-state index contributed by atoms with van der Waals surface area (Å²) in [6, 6.07) is 15.0. The minimum atomic E-state index is 0.505. The molecule has 2 aromatic carbocycles. The smallest absolute Gasteiger partial charge is 0.0804 e. The van der Waals surface area contributed by atoms with Gasteiger partial charge in [-0.15, -0.1) is 0 Å². The van der Waals surface area contributed by atoms with E-state index in [0.717, 1.165) is 41.7 Å². The van der Waals surface area contributed by atoms with Gasteiger partial charge in [-0.3, -0.25) is 0 Å². The molecule has 25 heavy (non-hydrogen) atoms. The Balaban J connectivity index is 1.89. The van der Waals surface area contributed by atoms with E-state index in [1.54, 1.807) is 0 Å². The first kappa shape index (κ1) is 17.7. The van der Waals surface area contributed by atoms with Crippen LogP contribution in [0, 0.1) is 23.7 Å². The van der Waals surface area contributed by atoms with Crippen molar-refractivity contribution in [3.05, 3.63) is 80.8 Å². The zero-order chi connectivity index (χ0) is 17.5. The Morgan fingerprint density at radius 3 is 1.76 bits per heavy atom. The lowest BCUT2D eigenvalue weighted by atomic mass is 10.0. The van der Waals surface area contributed by atoms with E-state index in [1.165, 1.54) is 0 Å². The van der Waals surface area contributed by atoms with Crippen LogP contribution in [-0.4, -0.2) is 13.2 Å². The second-order valence-electron chi connectivity index (χ2n) is 5.63. The Bertz CT molecular complexity index is 810. The molecule has 0 aromatic heterocycles. The maximum absolute atomic E-state index is 5.91. The molecule has 1 nitrogen and oxygen atoms in total. The van der Waals surface area contributed by atoms with Gasteiger partial charge in [-0.05, 0) is 61.4 Å². The lowest BCUT2D eigenvalue weighted by Crippen LogP contribution is -1.96. The average molecular weight is 367 g/mol. The van der Waals surface area contributed by atoms with E-state index in [9.17, 15) is 0 Å². The van der Waals surface area contributed by atoms with E-state index in [0.29, 0.717) is 16.7 Å². The Labute approximate surface area is 158 Å². The van der Waals surface area contributed by atoms with Crippen molar-refractivity contribution in [3.63, 3.8) is 0 Å². The van der Waals surface area contributed by atoms with Crippen molar-refractivity contribution in [1.29, 1.82) is 0 Å². The second-order valence-corrected chi connectivity index (χ2v) is 6.50. The van der Waals surface area contributed by atoms with Gasteiger partial charge in [0.1, 0.15) is 0 Å². The molecule has 3 rings (SSSR count). The molecular weight excluding hydrogens is 351 g/mol. The van der Waals surface area contributed by atoms with Crippen LogP contribution in [0.3, 0.4) is 0 Å². The predicted molar refractivity (Wildman–Crippen MR) is 104 cm³/mol. The highest BCUT2D eigenvalue weighted by Crippen LogP contribution is 2.16. The first-order valence-electron chi connectivity index (χ1n) is 8.06. The van der Waals surface area contributed by atoms with Gasteiger partial charge in [0.05, 0.1) is 6.61 Å². The molecule has 0 unspecified atom stereocenters. The Morgan fingerprint density at radius 1 is 0.680 bits per heavy atom. The highest BCUT2D eigenvalue weighted by Gasteiger charge is 2.08. The number of benzene rings is 2. The molecule has 0 fully saturated rings. The molecule has 0 saturated carbocycles. The van der Waals surface area contributed by atoms with E-state index in [4.69, 9.17) is 27.9 Å². The van der Waals surface area contributed by atoms with Gasteiger partial charge in [-0.25, -0.2) is 0 Å². The van der Waals surface area contributed by atoms with Crippen LogP contribution in [0.4, 0.5) is 0 Å². The van der Waals surface area contributed by atoms with Crippen LogP contribution in [0.5, 0.6) is 0 Å². The van der Waals surface area contributed by atoms with Crippen LogP contribution >= 0.6 is 23.2 Å². The topological polar surface area (TPSA) is 9.23 Å². The predicted octanol–water partition coefficient (Wildman–Crippen LogP) is 5.50. The lowest BCUT2D eigenvalue weighted by molar-refractivity contribution is 0.161. The van der Waals surface area contributed by atoms with E-state index < -0.39 is 0 Å². The van der Waals surface area contributed by atoms with Gasteiger partial charge >= 0.3 is 0 Å². The van der Waals surface area contributed by atoms with Gasteiger partial charge in [0.25, 0.3) is 0 Å². The average Bonchev–Trinajstić information content (AvgIpc) is 2.86. The molecule has 2 aromatic rings. The van der Waals surface area contributed by atoms with E-state index in [-0.39, 0.29) is 0 Å². The Hall–Kier alpha value is -2.16. The largest absolute Gasteiger partial charge is 0.376 e. The Kier molecular flexibility index (Phi) is 6.21. The second kappa shape index (κ2) is 8.80. The number of ether oxygens (including phenoxy) is 1. The molecule has 0 atom stereocenters. The van der Waals surface area contributed by atoms with Crippen LogP contribution in [-0.2, 0) is 4.74 Å². The normalized spacial score (nSPS) is 14.0. The zero-order valence-electron chi connectivity index (χ0n) is 13.6. The number of allylic oxidation sites excluding steroid dienone is 1. The molecule has 0 saturated heterocycles. The monoisotopic (exact) mass is 366 g/mol. The van der Waals surface area contributed by atoms with Crippen LogP contribution in [0.15, 0.2) is 59.7 Å².